The van der Waals surface area contributed by atoms with E-state index >= 15 is 0 Å². The predicted octanol–water partition coefficient (Wildman–Crippen LogP) is 2.06. The third-order valence-electron chi connectivity index (χ3n) is 5.27. The van der Waals surface area contributed by atoms with Crippen molar-refractivity contribution < 1.29 is 23.6 Å². The van der Waals surface area contributed by atoms with Crippen molar-refractivity contribution >= 4 is 23.6 Å². The van der Waals surface area contributed by atoms with Gasteiger partial charge in [-0.15, -0.1) is 0 Å². The predicted molar refractivity (Wildman–Crippen MR) is 90.8 cm³/mol. The molecule has 0 aromatic heterocycles. The van der Waals surface area contributed by atoms with Crippen LogP contribution in [-0.4, -0.2) is 34.6 Å². The van der Waals surface area contributed by atoms with Gasteiger partial charge in [0.25, 0.3) is 11.8 Å². The van der Waals surface area contributed by atoms with Gasteiger partial charge in [0.05, 0.1) is 11.1 Å². The lowest BCUT2D eigenvalue weighted by Gasteiger charge is -2.27. The number of hydrogen-bond acceptors (Lipinski definition) is 4. The highest BCUT2D eigenvalue weighted by Crippen LogP contribution is 2.32. The third-order valence-corrected chi connectivity index (χ3v) is 5.27. The molecule has 3 rings (SSSR count). The molecule has 0 saturated carbocycles. The van der Waals surface area contributed by atoms with Crippen molar-refractivity contribution in [2.75, 3.05) is 0 Å². The number of carbonyl (C=O) groups is 4. The SMILES string of the molecule is CC(C)C(C)Cc1cc(F)cc2c1C(=O)N(C1CCC(=O)NC1=O)C2=O. The first-order chi connectivity index (χ1) is 12.2. The van der Waals surface area contributed by atoms with Gasteiger partial charge in [0.15, 0.2) is 0 Å². The van der Waals surface area contributed by atoms with Crippen LogP contribution < -0.4 is 5.32 Å². The Bertz CT molecular complexity index is 818. The summed E-state index contributed by atoms with van der Waals surface area (Å²) in [7, 11) is 0. The van der Waals surface area contributed by atoms with Crippen molar-refractivity contribution in [1.29, 1.82) is 0 Å². The second-order valence-electron chi connectivity index (χ2n) is 7.36. The van der Waals surface area contributed by atoms with E-state index in [1.165, 1.54) is 6.07 Å². The molecule has 1 fully saturated rings. The van der Waals surface area contributed by atoms with Gasteiger partial charge in [-0.2, -0.15) is 0 Å². The molecule has 2 atom stereocenters. The fourth-order valence-corrected chi connectivity index (χ4v) is 3.38. The van der Waals surface area contributed by atoms with Gasteiger partial charge in [0.1, 0.15) is 11.9 Å². The number of nitrogens with one attached hydrogen (secondary N) is 1. The number of hydrogen-bond donors (Lipinski definition) is 1. The molecule has 7 heteroatoms. The van der Waals surface area contributed by atoms with Gasteiger partial charge in [-0.1, -0.05) is 20.8 Å². The van der Waals surface area contributed by atoms with E-state index in [1.54, 1.807) is 0 Å². The third kappa shape index (κ3) is 3.02. The Morgan fingerprint density at radius 2 is 1.85 bits per heavy atom. The van der Waals surface area contributed by atoms with Crippen molar-refractivity contribution in [2.24, 2.45) is 11.8 Å². The Morgan fingerprint density at radius 3 is 2.46 bits per heavy atom. The Kier molecular flexibility index (Phi) is 4.64. The molecule has 2 aliphatic rings. The van der Waals surface area contributed by atoms with Crippen molar-refractivity contribution in [3.63, 3.8) is 0 Å². The first kappa shape index (κ1) is 18.2. The van der Waals surface area contributed by atoms with E-state index in [1.807, 2.05) is 20.8 Å². The monoisotopic (exact) mass is 360 g/mol. The molecule has 1 aromatic rings. The highest BCUT2D eigenvalue weighted by atomic mass is 19.1. The molecule has 138 valence electrons. The van der Waals surface area contributed by atoms with Crippen LogP contribution in [0, 0.1) is 17.7 Å². The maximum Gasteiger partial charge on any atom is 0.262 e. The Labute approximate surface area is 150 Å². The quantitative estimate of drug-likeness (QED) is 0.833. The highest BCUT2D eigenvalue weighted by Gasteiger charge is 2.45. The zero-order valence-corrected chi connectivity index (χ0v) is 15.0. The van der Waals surface area contributed by atoms with Gasteiger partial charge in [-0.05, 0) is 42.4 Å². The fourth-order valence-electron chi connectivity index (χ4n) is 3.38. The number of fused-ring (bicyclic) bond motifs is 1. The molecule has 1 aromatic carbocycles. The summed E-state index contributed by atoms with van der Waals surface area (Å²) >= 11 is 0. The number of imide groups is 2. The zero-order valence-electron chi connectivity index (χ0n) is 15.0. The number of nitrogens with zero attached hydrogens (tertiary/aromatic N) is 1. The highest BCUT2D eigenvalue weighted by molar-refractivity contribution is 6.24. The van der Waals surface area contributed by atoms with E-state index in [9.17, 15) is 23.6 Å². The number of halogens is 1. The van der Waals surface area contributed by atoms with Crippen LogP contribution in [0.2, 0.25) is 0 Å². The van der Waals surface area contributed by atoms with E-state index in [2.05, 4.69) is 5.32 Å². The lowest BCUT2D eigenvalue weighted by molar-refractivity contribution is -0.136. The Hall–Kier alpha value is -2.57. The van der Waals surface area contributed by atoms with Gasteiger partial charge in [-0.3, -0.25) is 29.4 Å². The summed E-state index contributed by atoms with van der Waals surface area (Å²) in [6.45, 7) is 6.07. The lowest BCUT2D eigenvalue weighted by atomic mass is 9.88. The van der Waals surface area contributed by atoms with Crippen LogP contribution in [0.15, 0.2) is 12.1 Å². The maximum absolute atomic E-state index is 14.1. The molecule has 0 bridgehead atoms. The summed E-state index contributed by atoms with van der Waals surface area (Å²) in [6.07, 6.45) is 0.589. The zero-order chi connectivity index (χ0) is 19.2. The van der Waals surface area contributed by atoms with Gasteiger partial charge in [-0.25, -0.2) is 4.39 Å². The Balaban J connectivity index is 1.99. The first-order valence-electron chi connectivity index (χ1n) is 8.74. The summed E-state index contributed by atoms with van der Waals surface area (Å²) < 4.78 is 14.1. The molecule has 4 amide bonds. The van der Waals surface area contributed by atoms with Crippen LogP contribution in [0.25, 0.3) is 0 Å². The smallest absolute Gasteiger partial charge is 0.262 e. The molecule has 0 aliphatic carbocycles. The number of piperidine rings is 1. The number of amides is 4. The lowest BCUT2D eigenvalue weighted by Crippen LogP contribution is -2.54. The molecule has 2 unspecified atom stereocenters. The second kappa shape index (κ2) is 6.63. The average molecular weight is 360 g/mol. The fraction of sp³-hybridized carbons (Fsp3) is 0.474. The topological polar surface area (TPSA) is 83.6 Å². The average Bonchev–Trinajstić information content (AvgIpc) is 2.79. The maximum atomic E-state index is 14.1. The van der Waals surface area contributed by atoms with Crippen LogP contribution in [0.3, 0.4) is 0 Å². The van der Waals surface area contributed by atoms with Gasteiger partial charge >= 0.3 is 0 Å². The first-order valence-corrected chi connectivity index (χ1v) is 8.74. The molecule has 1 N–H and O–H groups in total. The van der Waals surface area contributed by atoms with Crippen molar-refractivity contribution in [3.8, 4) is 0 Å². The minimum absolute atomic E-state index is 0.00865. The van der Waals surface area contributed by atoms with E-state index < -0.39 is 35.5 Å². The molecule has 1 saturated heterocycles. The molecule has 0 spiro atoms. The molecule has 26 heavy (non-hydrogen) atoms. The molecular formula is C19H21FN2O4. The number of rotatable bonds is 4. The number of carbonyl (C=O) groups excluding carboxylic acids is 4. The normalized spacial score (nSPS) is 21.3. The van der Waals surface area contributed by atoms with Crippen LogP contribution in [-0.2, 0) is 16.0 Å². The summed E-state index contributed by atoms with van der Waals surface area (Å²) in [4.78, 5) is 50.0. The van der Waals surface area contributed by atoms with Gasteiger partial charge in [0, 0.05) is 6.42 Å². The summed E-state index contributed by atoms with van der Waals surface area (Å²) in [5.41, 5.74) is 0.647. The van der Waals surface area contributed by atoms with Crippen molar-refractivity contribution in [1.82, 2.24) is 10.2 Å². The van der Waals surface area contributed by atoms with Crippen LogP contribution >= 0.6 is 0 Å². The van der Waals surface area contributed by atoms with Crippen LogP contribution in [0.5, 0.6) is 0 Å². The van der Waals surface area contributed by atoms with Crippen molar-refractivity contribution in [2.45, 2.75) is 46.1 Å². The standard InChI is InChI=1S/C19H21FN2O4/c1-9(2)10(3)6-11-7-12(20)8-13-16(11)19(26)22(18(13)25)14-4-5-15(23)21-17(14)24/h7-10,14H,4-6H2,1-3H3,(H,21,23,24). The molecule has 2 heterocycles. The van der Waals surface area contributed by atoms with E-state index in [0.717, 1.165) is 11.0 Å². The largest absolute Gasteiger partial charge is 0.295 e. The van der Waals surface area contributed by atoms with Crippen LogP contribution in [0.1, 0.15) is 59.9 Å². The minimum atomic E-state index is -1.04. The molecule has 6 nitrogen and oxygen atoms in total. The summed E-state index contributed by atoms with van der Waals surface area (Å²) in [6, 6.07) is 1.29. The van der Waals surface area contributed by atoms with E-state index in [4.69, 9.17) is 0 Å². The molecule has 0 radical (unpaired) electrons. The minimum Gasteiger partial charge on any atom is -0.295 e. The summed E-state index contributed by atoms with van der Waals surface area (Å²) in [5.74, 6) is -2.45. The Morgan fingerprint density at radius 1 is 1.15 bits per heavy atom. The van der Waals surface area contributed by atoms with E-state index in [0.29, 0.717) is 17.9 Å². The molecular weight excluding hydrogens is 339 g/mol. The van der Waals surface area contributed by atoms with E-state index in [-0.39, 0.29) is 29.9 Å². The number of benzene rings is 1. The van der Waals surface area contributed by atoms with Crippen LogP contribution in [0.4, 0.5) is 4.39 Å². The molecule has 2 aliphatic heterocycles. The van der Waals surface area contributed by atoms with Gasteiger partial charge < -0.3 is 0 Å². The second-order valence-corrected chi connectivity index (χ2v) is 7.36. The summed E-state index contributed by atoms with van der Waals surface area (Å²) in [5, 5.41) is 2.15. The van der Waals surface area contributed by atoms with Crippen molar-refractivity contribution in [3.05, 3.63) is 34.6 Å². The van der Waals surface area contributed by atoms with Gasteiger partial charge in [0.2, 0.25) is 11.8 Å².